The van der Waals surface area contributed by atoms with Gasteiger partial charge in [-0.2, -0.15) is 0 Å². The Bertz CT molecular complexity index is 930. The standard InChI is InChI=1S/C39H64NO2.BrH/c1-4-5-6-26-33-40(2,3)34-27-19-17-15-13-11-9-7-8-10-12-14-16-18-20-28-35-42-38-32-25-24-31-37(38)39(41)36-29-22-21-23-30-36;/h21-25,29-32H,4-20,26-28,33-35H2,1-3H3;1H/q+1;/p-1. The summed E-state index contributed by atoms with van der Waals surface area (Å²) in [6.07, 6.45) is 27.4. The molecule has 0 aliphatic carbocycles. The van der Waals surface area contributed by atoms with Gasteiger partial charge in [0.2, 0.25) is 0 Å². The van der Waals surface area contributed by atoms with E-state index < -0.39 is 0 Å². The van der Waals surface area contributed by atoms with Crippen molar-refractivity contribution in [3.05, 3.63) is 65.7 Å². The summed E-state index contributed by atoms with van der Waals surface area (Å²) in [6, 6.07) is 17.1. The van der Waals surface area contributed by atoms with E-state index in [1.54, 1.807) is 0 Å². The minimum atomic E-state index is 0. The molecule has 0 heterocycles. The van der Waals surface area contributed by atoms with Gasteiger partial charge in [-0.3, -0.25) is 4.79 Å². The molecule has 43 heavy (non-hydrogen) atoms. The third-order valence-corrected chi connectivity index (χ3v) is 8.70. The van der Waals surface area contributed by atoms with Crippen LogP contribution in [0.4, 0.5) is 0 Å². The van der Waals surface area contributed by atoms with E-state index in [4.69, 9.17) is 4.74 Å². The van der Waals surface area contributed by atoms with Crippen LogP contribution in [0.1, 0.15) is 151 Å². The number of para-hydroxylation sites is 1. The summed E-state index contributed by atoms with van der Waals surface area (Å²) in [6.45, 7) is 5.68. The first-order valence-corrected chi connectivity index (χ1v) is 17.7. The lowest BCUT2D eigenvalue weighted by molar-refractivity contribution is -0.890. The van der Waals surface area contributed by atoms with Gasteiger partial charge in [0.05, 0.1) is 39.4 Å². The van der Waals surface area contributed by atoms with Crippen molar-refractivity contribution in [2.24, 2.45) is 0 Å². The number of benzene rings is 2. The molecule has 0 N–H and O–H groups in total. The van der Waals surface area contributed by atoms with Crippen LogP contribution in [0, 0.1) is 0 Å². The van der Waals surface area contributed by atoms with Crippen molar-refractivity contribution in [1.29, 1.82) is 0 Å². The molecule has 0 saturated carbocycles. The lowest BCUT2D eigenvalue weighted by atomic mass is 10.0. The van der Waals surface area contributed by atoms with E-state index in [0.29, 0.717) is 23.5 Å². The van der Waals surface area contributed by atoms with Crippen molar-refractivity contribution in [3.63, 3.8) is 0 Å². The first-order valence-electron chi connectivity index (χ1n) is 17.7. The highest BCUT2D eigenvalue weighted by atomic mass is 79.9. The van der Waals surface area contributed by atoms with Gasteiger partial charge in [0.15, 0.2) is 5.78 Å². The summed E-state index contributed by atoms with van der Waals surface area (Å²) < 4.78 is 7.23. The first kappa shape index (κ1) is 39.4. The van der Waals surface area contributed by atoms with Crippen LogP contribution < -0.4 is 21.7 Å². The molecule has 0 aromatic heterocycles. The summed E-state index contributed by atoms with van der Waals surface area (Å²) in [5.41, 5.74) is 1.36. The Morgan fingerprint density at radius 2 is 0.977 bits per heavy atom. The highest BCUT2D eigenvalue weighted by Crippen LogP contribution is 2.22. The van der Waals surface area contributed by atoms with E-state index in [2.05, 4.69) is 21.0 Å². The van der Waals surface area contributed by atoms with Crippen LogP contribution in [0.15, 0.2) is 54.6 Å². The Labute approximate surface area is 276 Å². The van der Waals surface area contributed by atoms with E-state index >= 15 is 0 Å². The normalized spacial score (nSPS) is 11.3. The number of unbranched alkanes of at least 4 members (excludes halogenated alkanes) is 18. The number of hydrogen-bond donors (Lipinski definition) is 0. The van der Waals surface area contributed by atoms with Gasteiger partial charge in [0.1, 0.15) is 5.75 Å². The molecular formula is C39H64BrNO2. The topological polar surface area (TPSA) is 26.3 Å². The number of quaternary nitrogens is 1. The van der Waals surface area contributed by atoms with Crippen LogP contribution in [0.5, 0.6) is 5.75 Å². The molecule has 0 radical (unpaired) electrons. The van der Waals surface area contributed by atoms with Crippen LogP contribution in [0.2, 0.25) is 0 Å². The molecule has 0 spiro atoms. The van der Waals surface area contributed by atoms with Gasteiger partial charge in [-0.05, 0) is 44.2 Å². The number of halogens is 1. The number of ketones is 1. The van der Waals surface area contributed by atoms with E-state index in [0.717, 1.165) is 6.42 Å². The summed E-state index contributed by atoms with van der Waals surface area (Å²) in [5, 5.41) is 0. The third kappa shape index (κ3) is 19.4. The Morgan fingerprint density at radius 3 is 1.49 bits per heavy atom. The monoisotopic (exact) mass is 657 g/mol. The predicted molar refractivity (Wildman–Crippen MR) is 182 cm³/mol. The maximum atomic E-state index is 12.8. The molecule has 2 rings (SSSR count). The van der Waals surface area contributed by atoms with Crippen molar-refractivity contribution in [1.82, 2.24) is 0 Å². The van der Waals surface area contributed by atoms with Gasteiger partial charge in [-0.1, -0.05) is 146 Å². The molecule has 0 saturated heterocycles. The number of carbonyl (C=O) groups is 1. The zero-order valence-corrected chi connectivity index (χ0v) is 29.7. The maximum Gasteiger partial charge on any atom is 0.196 e. The molecule has 0 amide bonds. The van der Waals surface area contributed by atoms with Crippen molar-refractivity contribution in [3.8, 4) is 5.75 Å². The molecule has 0 fully saturated rings. The third-order valence-electron chi connectivity index (χ3n) is 8.70. The molecule has 3 nitrogen and oxygen atoms in total. The van der Waals surface area contributed by atoms with Crippen molar-refractivity contribution in [2.45, 2.75) is 135 Å². The zero-order valence-electron chi connectivity index (χ0n) is 28.1. The maximum absolute atomic E-state index is 12.8. The van der Waals surface area contributed by atoms with Gasteiger partial charge in [-0.15, -0.1) is 0 Å². The van der Waals surface area contributed by atoms with Crippen molar-refractivity contribution >= 4 is 5.78 Å². The fraction of sp³-hybridized carbons (Fsp3) is 0.667. The van der Waals surface area contributed by atoms with Gasteiger partial charge in [0.25, 0.3) is 0 Å². The van der Waals surface area contributed by atoms with Crippen molar-refractivity contribution in [2.75, 3.05) is 33.8 Å². The Morgan fingerprint density at radius 1 is 0.558 bits per heavy atom. The first-order chi connectivity index (χ1) is 20.5. The van der Waals surface area contributed by atoms with E-state index in [1.165, 1.54) is 140 Å². The second-order valence-corrected chi connectivity index (χ2v) is 13.1. The summed E-state index contributed by atoms with van der Waals surface area (Å²) in [5.74, 6) is 0.730. The van der Waals surface area contributed by atoms with Crippen molar-refractivity contribution < 1.29 is 31.0 Å². The SMILES string of the molecule is CCCCCC[N+](C)(C)CCCCCCCCCCCCCCCCCCOc1ccccc1C(=O)c1ccccc1.[Br-]. The van der Waals surface area contributed by atoms with E-state index in [-0.39, 0.29) is 22.8 Å². The molecule has 0 aliphatic rings. The average molecular weight is 659 g/mol. The Balaban J connectivity index is 0.00000924. The summed E-state index contributed by atoms with van der Waals surface area (Å²) in [4.78, 5) is 12.8. The number of nitrogens with zero attached hydrogens (tertiary/aromatic N) is 1. The summed E-state index contributed by atoms with van der Waals surface area (Å²) >= 11 is 0. The lowest BCUT2D eigenvalue weighted by Gasteiger charge is -2.30. The molecule has 0 bridgehead atoms. The predicted octanol–water partition coefficient (Wildman–Crippen LogP) is 8.20. The zero-order chi connectivity index (χ0) is 30.1. The van der Waals surface area contributed by atoms with Crippen LogP contribution in [-0.4, -0.2) is 44.1 Å². The molecule has 0 aliphatic heterocycles. The molecule has 0 unspecified atom stereocenters. The largest absolute Gasteiger partial charge is 1.00 e. The van der Waals surface area contributed by atoms with Crippen LogP contribution in [0.25, 0.3) is 0 Å². The number of hydrogen-bond acceptors (Lipinski definition) is 2. The minimum absolute atomic E-state index is 0. The highest BCUT2D eigenvalue weighted by molar-refractivity contribution is 6.10. The van der Waals surface area contributed by atoms with E-state index in [1.807, 2.05) is 54.6 Å². The Kier molecular flexibility index (Phi) is 23.5. The second-order valence-electron chi connectivity index (χ2n) is 13.1. The fourth-order valence-corrected chi connectivity index (χ4v) is 5.90. The quantitative estimate of drug-likeness (QED) is 0.0550. The van der Waals surface area contributed by atoms with Crippen LogP contribution in [0.3, 0.4) is 0 Å². The van der Waals surface area contributed by atoms with E-state index in [9.17, 15) is 4.79 Å². The molecule has 2 aromatic rings. The average Bonchev–Trinajstić information content (AvgIpc) is 3.00. The van der Waals surface area contributed by atoms with Crippen LogP contribution >= 0.6 is 0 Å². The number of rotatable bonds is 27. The molecule has 244 valence electrons. The molecule has 0 atom stereocenters. The van der Waals surface area contributed by atoms with Gasteiger partial charge in [-0.25, -0.2) is 0 Å². The Hall–Kier alpha value is -1.65. The van der Waals surface area contributed by atoms with Crippen LogP contribution in [-0.2, 0) is 0 Å². The second kappa shape index (κ2) is 25.7. The van der Waals surface area contributed by atoms with Gasteiger partial charge >= 0.3 is 0 Å². The van der Waals surface area contributed by atoms with Gasteiger partial charge < -0.3 is 26.2 Å². The number of ether oxygens (including phenoxy) is 1. The molecule has 2 aromatic carbocycles. The molecule has 4 heteroatoms. The fourth-order valence-electron chi connectivity index (χ4n) is 5.90. The van der Waals surface area contributed by atoms with Gasteiger partial charge in [0, 0.05) is 5.56 Å². The number of carbonyl (C=O) groups excluding carboxylic acids is 1. The highest BCUT2D eigenvalue weighted by Gasteiger charge is 2.14. The minimum Gasteiger partial charge on any atom is -1.00 e. The lowest BCUT2D eigenvalue weighted by Crippen LogP contribution is -3.00. The summed E-state index contributed by atoms with van der Waals surface area (Å²) in [7, 11) is 4.84. The molecular weight excluding hydrogens is 594 g/mol. The smallest absolute Gasteiger partial charge is 0.196 e.